The molecule has 0 spiro atoms. The van der Waals surface area contributed by atoms with Gasteiger partial charge in [-0.3, -0.25) is 0 Å². The maximum atomic E-state index is 8.82. The molecule has 20 heavy (non-hydrogen) atoms. The highest BCUT2D eigenvalue weighted by Crippen LogP contribution is 2.37. The van der Waals surface area contributed by atoms with Crippen LogP contribution in [0.3, 0.4) is 0 Å². The molecule has 1 rings (SSSR count). The van der Waals surface area contributed by atoms with Crippen molar-refractivity contribution >= 4 is 14.4 Å². The summed E-state index contributed by atoms with van der Waals surface area (Å²) in [5.74, 6) is 0. The predicted molar refractivity (Wildman–Crippen MR) is 89.3 cm³/mol. The first kappa shape index (κ1) is 17.1. The van der Waals surface area contributed by atoms with Crippen molar-refractivity contribution in [2.45, 2.75) is 52.4 Å². The van der Waals surface area contributed by atoms with E-state index in [1.807, 2.05) is 6.08 Å². The number of benzene rings is 1. The fourth-order valence-electron chi connectivity index (χ4n) is 1.67. The molecule has 112 valence electrons. The first-order valence-corrected chi connectivity index (χ1v) is 10.1. The quantitative estimate of drug-likeness (QED) is 0.808. The average Bonchev–Trinajstić information content (AvgIpc) is 2.34. The first-order valence-electron chi connectivity index (χ1n) is 7.18. The van der Waals surface area contributed by atoms with Crippen molar-refractivity contribution in [3.63, 3.8) is 0 Å². The molecule has 0 aromatic heterocycles. The van der Waals surface area contributed by atoms with Gasteiger partial charge in [-0.1, -0.05) is 51.1 Å². The smallest absolute Gasteiger partial charge is 0.192 e. The van der Waals surface area contributed by atoms with Crippen LogP contribution in [0.1, 0.15) is 37.5 Å². The average molecular weight is 292 g/mol. The Bertz CT molecular complexity index is 470. The molecule has 0 radical (unpaired) electrons. The van der Waals surface area contributed by atoms with Gasteiger partial charge in [0.05, 0.1) is 13.2 Å². The number of rotatable bonds is 5. The summed E-state index contributed by atoms with van der Waals surface area (Å²) in [6.07, 6.45) is 3.71. The summed E-state index contributed by atoms with van der Waals surface area (Å²) in [6.45, 7) is 14.2. The number of hydrogen-bond acceptors (Lipinski definition) is 2. The van der Waals surface area contributed by atoms with Crippen molar-refractivity contribution in [3.05, 3.63) is 41.0 Å². The summed E-state index contributed by atoms with van der Waals surface area (Å²) >= 11 is 0. The van der Waals surface area contributed by atoms with Gasteiger partial charge >= 0.3 is 0 Å². The molecule has 3 heteroatoms. The SMILES string of the molecule is Cc1cc(CO[Si](C)(C)C(C)(C)C)ccc1C=CCO. The van der Waals surface area contributed by atoms with E-state index in [4.69, 9.17) is 9.53 Å². The molecule has 0 heterocycles. The van der Waals surface area contributed by atoms with Crippen LogP contribution < -0.4 is 0 Å². The van der Waals surface area contributed by atoms with Crippen molar-refractivity contribution in [1.29, 1.82) is 0 Å². The van der Waals surface area contributed by atoms with E-state index in [1.54, 1.807) is 6.08 Å². The van der Waals surface area contributed by atoms with Gasteiger partial charge < -0.3 is 9.53 Å². The number of hydrogen-bond donors (Lipinski definition) is 1. The molecular formula is C17H28O2Si. The second-order valence-corrected chi connectivity index (χ2v) is 11.6. The molecule has 0 unspecified atom stereocenters. The van der Waals surface area contributed by atoms with E-state index in [9.17, 15) is 0 Å². The van der Waals surface area contributed by atoms with E-state index < -0.39 is 8.32 Å². The molecule has 0 aliphatic heterocycles. The Balaban J connectivity index is 2.76. The fourth-order valence-corrected chi connectivity index (χ4v) is 2.64. The lowest BCUT2D eigenvalue weighted by Gasteiger charge is -2.36. The van der Waals surface area contributed by atoms with Crippen LogP contribution in [0.25, 0.3) is 6.08 Å². The molecule has 0 atom stereocenters. The molecule has 0 saturated heterocycles. The second kappa shape index (κ2) is 6.70. The van der Waals surface area contributed by atoms with Crippen molar-refractivity contribution in [3.8, 4) is 0 Å². The van der Waals surface area contributed by atoms with Gasteiger partial charge in [0.25, 0.3) is 0 Å². The second-order valence-electron chi connectivity index (χ2n) is 6.82. The Morgan fingerprint density at radius 1 is 1.25 bits per heavy atom. The standard InChI is InChI=1S/C17H28O2Si/c1-14-12-15(9-10-16(14)8-7-11-18)13-19-20(5,6)17(2,3)4/h7-10,12,18H,11,13H2,1-6H3. The Kier molecular flexibility index (Phi) is 5.75. The predicted octanol–water partition coefficient (Wildman–Crippen LogP) is 4.52. The zero-order chi connectivity index (χ0) is 15.4. The minimum Gasteiger partial charge on any atom is -0.413 e. The third kappa shape index (κ3) is 4.58. The van der Waals surface area contributed by atoms with E-state index in [0.29, 0.717) is 6.61 Å². The Labute approximate surface area is 124 Å². The summed E-state index contributed by atoms with van der Waals surface area (Å²) in [5, 5.41) is 9.06. The van der Waals surface area contributed by atoms with Gasteiger partial charge in [-0.25, -0.2) is 0 Å². The zero-order valence-corrected chi connectivity index (χ0v) is 14.7. The van der Waals surface area contributed by atoms with Crippen molar-refractivity contribution in [1.82, 2.24) is 0 Å². The van der Waals surface area contributed by atoms with Crippen molar-refractivity contribution < 1.29 is 9.53 Å². The highest BCUT2D eigenvalue weighted by Gasteiger charge is 2.36. The molecule has 0 bridgehead atoms. The Morgan fingerprint density at radius 3 is 2.40 bits per heavy atom. The van der Waals surface area contributed by atoms with Gasteiger partial charge in [0, 0.05) is 0 Å². The summed E-state index contributed by atoms with van der Waals surface area (Å²) in [7, 11) is -1.69. The monoisotopic (exact) mass is 292 g/mol. The van der Waals surface area contributed by atoms with Crippen LogP contribution in [-0.4, -0.2) is 20.0 Å². The van der Waals surface area contributed by atoms with Crippen LogP contribution in [0.4, 0.5) is 0 Å². The van der Waals surface area contributed by atoms with E-state index >= 15 is 0 Å². The maximum absolute atomic E-state index is 8.82. The molecule has 1 N–H and O–H groups in total. The van der Waals surface area contributed by atoms with Gasteiger partial charge in [0.1, 0.15) is 0 Å². The molecule has 1 aromatic carbocycles. The van der Waals surface area contributed by atoms with Crippen molar-refractivity contribution in [2.24, 2.45) is 0 Å². The molecule has 1 aromatic rings. The van der Waals surface area contributed by atoms with Crippen LogP contribution in [0.5, 0.6) is 0 Å². The molecule has 0 amide bonds. The van der Waals surface area contributed by atoms with Crippen LogP contribution in [0.2, 0.25) is 18.1 Å². The van der Waals surface area contributed by atoms with E-state index in [-0.39, 0.29) is 11.6 Å². The summed E-state index contributed by atoms with van der Waals surface area (Å²) in [4.78, 5) is 0. The molecule has 0 aliphatic carbocycles. The third-order valence-corrected chi connectivity index (χ3v) is 8.62. The molecule has 0 aliphatic rings. The molecule has 2 nitrogen and oxygen atoms in total. The molecular weight excluding hydrogens is 264 g/mol. The zero-order valence-electron chi connectivity index (χ0n) is 13.7. The van der Waals surface area contributed by atoms with Gasteiger partial charge in [-0.2, -0.15) is 0 Å². The minimum absolute atomic E-state index is 0.0790. The number of aliphatic hydroxyl groups is 1. The maximum Gasteiger partial charge on any atom is 0.192 e. The highest BCUT2D eigenvalue weighted by atomic mass is 28.4. The molecule has 0 fully saturated rings. The van der Waals surface area contributed by atoms with Gasteiger partial charge in [-0.15, -0.1) is 0 Å². The lowest BCUT2D eigenvalue weighted by molar-refractivity contribution is 0.276. The normalized spacial score (nSPS) is 13.2. The molecule has 0 saturated carbocycles. The van der Waals surface area contributed by atoms with E-state index in [0.717, 1.165) is 5.56 Å². The van der Waals surface area contributed by atoms with Crippen LogP contribution >= 0.6 is 0 Å². The Hall–Kier alpha value is -0.903. The third-order valence-electron chi connectivity index (χ3n) is 4.14. The fraction of sp³-hybridized carbons (Fsp3) is 0.529. The van der Waals surface area contributed by atoms with Crippen LogP contribution in [-0.2, 0) is 11.0 Å². The van der Waals surface area contributed by atoms with Crippen molar-refractivity contribution in [2.75, 3.05) is 6.61 Å². The van der Waals surface area contributed by atoms with Crippen LogP contribution in [0, 0.1) is 6.92 Å². The lowest BCUT2D eigenvalue weighted by atomic mass is 10.1. The minimum atomic E-state index is -1.69. The van der Waals surface area contributed by atoms with Gasteiger partial charge in [0.2, 0.25) is 0 Å². The Morgan fingerprint density at radius 2 is 1.90 bits per heavy atom. The number of aryl methyl sites for hydroxylation is 1. The lowest BCUT2D eigenvalue weighted by Crippen LogP contribution is -2.40. The first-order chi connectivity index (χ1) is 9.17. The summed E-state index contributed by atoms with van der Waals surface area (Å²) in [5.41, 5.74) is 3.58. The largest absolute Gasteiger partial charge is 0.413 e. The van der Waals surface area contributed by atoms with Gasteiger partial charge in [-0.05, 0) is 41.7 Å². The van der Waals surface area contributed by atoms with E-state index in [1.165, 1.54) is 11.1 Å². The summed E-state index contributed by atoms with van der Waals surface area (Å²) < 4.78 is 6.24. The highest BCUT2D eigenvalue weighted by molar-refractivity contribution is 6.74. The van der Waals surface area contributed by atoms with E-state index in [2.05, 4.69) is 59.0 Å². The topological polar surface area (TPSA) is 29.5 Å². The van der Waals surface area contributed by atoms with Crippen LogP contribution in [0.15, 0.2) is 24.3 Å². The number of aliphatic hydroxyl groups excluding tert-OH is 1. The van der Waals surface area contributed by atoms with Gasteiger partial charge in [0.15, 0.2) is 8.32 Å². The summed E-state index contributed by atoms with van der Waals surface area (Å²) in [6, 6.07) is 6.37.